The van der Waals surface area contributed by atoms with Crippen LogP contribution in [0, 0.1) is 46.3 Å². The molecule has 4 rings (SSSR count). The third kappa shape index (κ3) is 1.52. The van der Waals surface area contributed by atoms with E-state index >= 15 is 0 Å². The van der Waals surface area contributed by atoms with Crippen LogP contribution in [0.1, 0.15) is 12.8 Å². The number of carboxylic acid groups (broad SMARTS) is 4. The molecular weight excluding hydrogens is 344 g/mol. The summed E-state index contributed by atoms with van der Waals surface area (Å²) in [6.07, 6.45) is 6.81. The van der Waals surface area contributed by atoms with Gasteiger partial charge in [-0.1, -0.05) is 24.3 Å². The van der Waals surface area contributed by atoms with E-state index in [0.29, 0.717) is 0 Å². The summed E-state index contributed by atoms with van der Waals surface area (Å²) in [4.78, 5) is 49.3. The van der Waals surface area contributed by atoms with Crippen molar-refractivity contribution in [2.24, 2.45) is 46.3 Å². The number of rotatable bonds is 5. The maximum Gasteiger partial charge on any atom is 0.312 e. The number of carbonyl (C=O) groups is 4. The van der Waals surface area contributed by atoms with Crippen LogP contribution in [0.5, 0.6) is 0 Å². The minimum absolute atomic E-state index is 0.214. The molecule has 0 spiro atoms. The van der Waals surface area contributed by atoms with E-state index in [1.54, 1.807) is 24.3 Å². The lowest BCUT2D eigenvalue weighted by Crippen LogP contribution is -2.65. The lowest BCUT2D eigenvalue weighted by Gasteiger charge is -2.52. The van der Waals surface area contributed by atoms with Crippen molar-refractivity contribution in [3.8, 4) is 0 Å². The predicted molar refractivity (Wildman–Crippen MR) is 83.9 cm³/mol. The number of fused-ring (bicyclic) bond motifs is 4. The summed E-state index contributed by atoms with van der Waals surface area (Å²) in [7, 11) is 0. The van der Waals surface area contributed by atoms with Crippen molar-refractivity contribution in [2.45, 2.75) is 12.8 Å². The van der Waals surface area contributed by atoms with Gasteiger partial charge < -0.3 is 20.4 Å². The molecule has 2 saturated carbocycles. The van der Waals surface area contributed by atoms with Gasteiger partial charge in [-0.25, -0.2) is 0 Å². The fourth-order valence-corrected chi connectivity index (χ4v) is 6.58. The van der Waals surface area contributed by atoms with E-state index in [2.05, 4.69) is 0 Å². The predicted octanol–water partition coefficient (Wildman–Crippen LogP) is 0.942. The van der Waals surface area contributed by atoms with Crippen molar-refractivity contribution in [3.63, 3.8) is 0 Å². The summed E-state index contributed by atoms with van der Waals surface area (Å²) < 4.78 is 0. The average molecular weight is 362 g/mol. The Labute approximate surface area is 147 Å². The maximum atomic E-state index is 12.6. The first-order valence-corrected chi connectivity index (χ1v) is 8.49. The van der Waals surface area contributed by atoms with Crippen molar-refractivity contribution in [2.75, 3.05) is 0 Å². The van der Waals surface area contributed by atoms with Crippen LogP contribution in [0.2, 0.25) is 0 Å². The quantitative estimate of drug-likeness (QED) is 0.528. The number of aliphatic carboxylic acids is 4. The number of hydrogen-bond donors (Lipinski definition) is 4. The lowest BCUT2D eigenvalue weighted by atomic mass is 9.46. The van der Waals surface area contributed by atoms with Gasteiger partial charge in [0, 0.05) is 0 Å². The van der Waals surface area contributed by atoms with Gasteiger partial charge in [0.05, 0.1) is 11.8 Å². The zero-order chi connectivity index (χ0) is 19.0. The Morgan fingerprint density at radius 2 is 1.00 bits per heavy atom. The van der Waals surface area contributed by atoms with Crippen LogP contribution >= 0.6 is 0 Å². The first-order valence-electron chi connectivity index (χ1n) is 8.49. The number of allylic oxidation sites excluding steroid dienone is 4. The first kappa shape index (κ1) is 16.8. The van der Waals surface area contributed by atoms with Crippen LogP contribution in [-0.4, -0.2) is 44.3 Å². The summed E-state index contributed by atoms with van der Waals surface area (Å²) in [5.74, 6) is -11.6. The SMILES string of the molecule is O=C(O)C1C2C=CC(C2)C1(C(=O)O)C1(C(=O)O)C2C=CC(C2)C1C(=O)O. The second-order valence-electron chi connectivity index (χ2n) is 7.76. The van der Waals surface area contributed by atoms with Gasteiger partial charge in [-0.15, -0.1) is 0 Å². The molecule has 0 aromatic carbocycles. The smallest absolute Gasteiger partial charge is 0.312 e. The second kappa shape index (κ2) is 4.96. The maximum absolute atomic E-state index is 12.6. The van der Waals surface area contributed by atoms with Crippen LogP contribution in [0.15, 0.2) is 24.3 Å². The summed E-state index contributed by atoms with van der Waals surface area (Å²) in [5.41, 5.74) is -4.39. The van der Waals surface area contributed by atoms with E-state index in [-0.39, 0.29) is 12.8 Å². The normalized spacial score (nSPS) is 47.4. The van der Waals surface area contributed by atoms with E-state index in [4.69, 9.17) is 0 Å². The molecule has 4 aliphatic rings. The van der Waals surface area contributed by atoms with Crippen molar-refractivity contribution in [1.29, 1.82) is 0 Å². The highest BCUT2D eigenvalue weighted by Crippen LogP contribution is 2.73. The minimum Gasteiger partial charge on any atom is -0.481 e. The Bertz CT molecular complexity index is 731. The molecule has 0 radical (unpaired) electrons. The fourth-order valence-electron chi connectivity index (χ4n) is 6.58. The van der Waals surface area contributed by atoms with Gasteiger partial charge in [0.2, 0.25) is 0 Å². The Kier molecular flexibility index (Phi) is 3.21. The van der Waals surface area contributed by atoms with Gasteiger partial charge in [0.15, 0.2) is 0 Å². The molecule has 138 valence electrons. The molecule has 4 bridgehead atoms. The second-order valence-corrected chi connectivity index (χ2v) is 7.76. The molecular formula is C18H18O8. The van der Waals surface area contributed by atoms with Crippen LogP contribution in [0.3, 0.4) is 0 Å². The van der Waals surface area contributed by atoms with Crippen molar-refractivity contribution in [1.82, 2.24) is 0 Å². The topological polar surface area (TPSA) is 149 Å². The molecule has 0 heterocycles. The van der Waals surface area contributed by atoms with Gasteiger partial charge in [-0.05, 0) is 36.5 Å². The van der Waals surface area contributed by atoms with E-state index in [9.17, 15) is 39.6 Å². The molecule has 0 saturated heterocycles. The van der Waals surface area contributed by atoms with Crippen molar-refractivity contribution < 1.29 is 39.6 Å². The van der Waals surface area contributed by atoms with Crippen molar-refractivity contribution >= 4 is 23.9 Å². The molecule has 8 nitrogen and oxygen atoms in total. The van der Waals surface area contributed by atoms with Crippen LogP contribution in [0.4, 0.5) is 0 Å². The lowest BCUT2D eigenvalue weighted by molar-refractivity contribution is -0.201. The highest BCUT2D eigenvalue weighted by molar-refractivity contribution is 5.97. The summed E-state index contributed by atoms with van der Waals surface area (Å²) in [6.45, 7) is 0. The molecule has 8 heteroatoms. The minimum atomic E-state index is -2.20. The van der Waals surface area contributed by atoms with Gasteiger partial charge in [-0.2, -0.15) is 0 Å². The Morgan fingerprint density at radius 1 is 0.654 bits per heavy atom. The van der Waals surface area contributed by atoms with Crippen molar-refractivity contribution in [3.05, 3.63) is 24.3 Å². The Morgan fingerprint density at radius 3 is 1.27 bits per heavy atom. The van der Waals surface area contributed by atoms with Gasteiger partial charge in [0.1, 0.15) is 10.8 Å². The molecule has 4 N–H and O–H groups in total. The molecule has 4 aliphatic carbocycles. The molecule has 8 unspecified atom stereocenters. The van der Waals surface area contributed by atoms with Crippen LogP contribution in [-0.2, 0) is 19.2 Å². The zero-order valence-corrected chi connectivity index (χ0v) is 13.6. The number of hydrogen-bond acceptors (Lipinski definition) is 4. The van der Waals surface area contributed by atoms with Crippen LogP contribution < -0.4 is 0 Å². The highest BCUT2D eigenvalue weighted by Gasteiger charge is 2.82. The number of carboxylic acids is 4. The summed E-state index contributed by atoms with van der Waals surface area (Å²) >= 11 is 0. The monoisotopic (exact) mass is 362 g/mol. The molecule has 0 amide bonds. The summed E-state index contributed by atoms with van der Waals surface area (Å²) in [5, 5.41) is 40.1. The third-order valence-electron chi connectivity index (χ3n) is 7.16. The van der Waals surface area contributed by atoms with Gasteiger partial charge >= 0.3 is 23.9 Å². The van der Waals surface area contributed by atoms with Gasteiger partial charge in [-0.3, -0.25) is 19.2 Å². The van der Waals surface area contributed by atoms with Crippen LogP contribution in [0.25, 0.3) is 0 Å². The zero-order valence-electron chi connectivity index (χ0n) is 13.6. The van der Waals surface area contributed by atoms with E-state index < -0.39 is 70.2 Å². The van der Waals surface area contributed by atoms with E-state index in [1.807, 2.05) is 0 Å². The third-order valence-corrected chi connectivity index (χ3v) is 7.16. The largest absolute Gasteiger partial charge is 0.481 e. The molecule has 0 aromatic heterocycles. The Balaban J connectivity index is 2.07. The van der Waals surface area contributed by atoms with E-state index in [1.165, 1.54) is 0 Å². The molecule has 0 aromatic rings. The fraction of sp³-hybridized carbons (Fsp3) is 0.556. The molecule has 2 fully saturated rings. The molecule has 0 aliphatic heterocycles. The molecule has 26 heavy (non-hydrogen) atoms. The first-order chi connectivity index (χ1) is 12.2. The van der Waals surface area contributed by atoms with E-state index in [0.717, 1.165) is 0 Å². The summed E-state index contributed by atoms with van der Waals surface area (Å²) in [6, 6.07) is 0. The van der Waals surface area contributed by atoms with Gasteiger partial charge in [0.25, 0.3) is 0 Å². The molecule has 8 atom stereocenters. The highest BCUT2D eigenvalue weighted by atomic mass is 16.4. The standard InChI is InChI=1S/C18H18O8/c19-13(20)11-7-1-3-9(5-7)17(11,15(23)24)18(16(25)26)10-4-2-8(6-10)12(18)14(21)22/h1-4,7-12H,5-6H2,(H,19,20)(H,21,22)(H,23,24)(H,25,26). The average Bonchev–Trinajstić information content (AvgIpc) is 3.30. The Hall–Kier alpha value is -2.64.